The van der Waals surface area contributed by atoms with E-state index in [9.17, 15) is 9.59 Å². The molecule has 23 heavy (non-hydrogen) atoms. The second kappa shape index (κ2) is 8.39. The monoisotopic (exact) mass is 328 g/mol. The molecule has 0 radical (unpaired) electrons. The first kappa shape index (κ1) is 17.1. The average Bonchev–Trinajstić information content (AvgIpc) is 2.54. The van der Waals surface area contributed by atoms with Crippen LogP contribution >= 0.6 is 11.8 Å². The van der Waals surface area contributed by atoms with Gasteiger partial charge in [-0.2, -0.15) is 0 Å². The Bertz CT molecular complexity index is 674. The van der Waals surface area contributed by atoms with Gasteiger partial charge in [-0.1, -0.05) is 55.1 Å². The number of hydrogen-bond donors (Lipinski definition) is 2. The van der Waals surface area contributed by atoms with Crippen LogP contribution in [0.5, 0.6) is 0 Å². The van der Waals surface area contributed by atoms with E-state index in [1.165, 1.54) is 0 Å². The molecule has 0 saturated heterocycles. The molecule has 2 aromatic rings. The maximum atomic E-state index is 12.0. The molecule has 0 spiro atoms. The Kier molecular flexibility index (Phi) is 6.23. The van der Waals surface area contributed by atoms with E-state index in [4.69, 9.17) is 5.73 Å². The van der Waals surface area contributed by atoms with Crippen LogP contribution in [0.3, 0.4) is 0 Å². The van der Waals surface area contributed by atoms with Gasteiger partial charge in [-0.05, 0) is 23.8 Å². The standard InChI is InChI=1S/C18H20N2O2S/c1-13(11-17(19)21)18(22)20-12-14-7-5-6-10-16(14)23-15-8-3-2-4-9-15/h2-10,13H,11-12H2,1H3,(H2,19,21)(H,20,22)/t13-/m0/s1. The smallest absolute Gasteiger partial charge is 0.223 e. The average molecular weight is 328 g/mol. The molecule has 2 aromatic carbocycles. The Morgan fingerprint density at radius 1 is 1.09 bits per heavy atom. The minimum Gasteiger partial charge on any atom is -0.370 e. The van der Waals surface area contributed by atoms with Crippen molar-refractivity contribution in [3.63, 3.8) is 0 Å². The number of benzene rings is 2. The van der Waals surface area contributed by atoms with Gasteiger partial charge in [0.2, 0.25) is 11.8 Å². The highest BCUT2D eigenvalue weighted by Crippen LogP contribution is 2.30. The first-order valence-electron chi connectivity index (χ1n) is 7.43. The van der Waals surface area contributed by atoms with E-state index in [0.29, 0.717) is 6.54 Å². The topological polar surface area (TPSA) is 72.2 Å². The first-order chi connectivity index (χ1) is 11.1. The molecule has 0 bridgehead atoms. The summed E-state index contributed by atoms with van der Waals surface area (Å²) < 4.78 is 0. The summed E-state index contributed by atoms with van der Waals surface area (Å²) >= 11 is 1.66. The molecule has 5 heteroatoms. The fourth-order valence-electron chi connectivity index (χ4n) is 2.12. The zero-order valence-electron chi connectivity index (χ0n) is 13.0. The zero-order chi connectivity index (χ0) is 16.7. The fourth-order valence-corrected chi connectivity index (χ4v) is 3.08. The van der Waals surface area contributed by atoms with Gasteiger partial charge in [-0.15, -0.1) is 0 Å². The van der Waals surface area contributed by atoms with Crippen LogP contribution in [-0.2, 0) is 16.1 Å². The zero-order valence-corrected chi connectivity index (χ0v) is 13.8. The van der Waals surface area contributed by atoms with Crippen molar-refractivity contribution >= 4 is 23.6 Å². The van der Waals surface area contributed by atoms with Crippen molar-refractivity contribution in [2.24, 2.45) is 11.7 Å². The summed E-state index contributed by atoms with van der Waals surface area (Å²) in [5.41, 5.74) is 6.17. The Morgan fingerprint density at radius 2 is 1.74 bits per heavy atom. The molecule has 4 nitrogen and oxygen atoms in total. The maximum absolute atomic E-state index is 12.0. The summed E-state index contributed by atoms with van der Waals surface area (Å²) in [5, 5.41) is 2.87. The highest BCUT2D eigenvalue weighted by atomic mass is 32.2. The molecule has 2 rings (SSSR count). The number of hydrogen-bond acceptors (Lipinski definition) is 3. The molecule has 0 aliphatic heterocycles. The van der Waals surface area contributed by atoms with E-state index in [0.717, 1.165) is 15.4 Å². The van der Waals surface area contributed by atoms with Crippen LogP contribution in [0.4, 0.5) is 0 Å². The number of nitrogens with two attached hydrogens (primary N) is 1. The van der Waals surface area contributed by atoms with Crippen LogP contribution in [0, 0.1) is 5.92 Å². The molecule has 0 heterocycles. The summed E-state index contributed by atoms with van der Waals surface area (Å²) in [5.74, 6) is -1.04. The molecule has 120 valence electrons. The molecule has 2 amide bonds. The van der Waals surface area contributed by atoms with Gasteiger partial charge in [0.15, 0.2) is 0 Å². The normalized spacial score (nSPS) is 11.7. The van der Waals surface area contributed by atoms with Crippen LogP contribution in [0.2, 0.25) is 0 Å². The number of carbonyl (C=O) groups excluding carboxylic acids is 2. The van der Waals surface area contributed by atoms with Crippen molar-refractivity contribution in [2.75, 3.05) is 0 Å². The van der Waals surface area contributed by atoms with E-state index < -0.39 is 11.8 Å². The highest BCUT2D eigenvalue weighted by Gasteiger charge is 2.15. The third-order valence-corrected chi connectivity index (χ3v) is 4.48. The van der Waals surface area contributed by atoms with Crippen molar-refractivity contribution in [3.05, 3.63) is 60.2 Å². The maximum Gasteiger partial charge on any atom is 0.223 e. The fraction of sp³-hybridized carbons (Fsp3) is 0.222. The van der Waals surface area contributed by atoms with Gasteiger partial charge in [0, 0.05) is 28.7 Å². The summed E-state index contributed by atoms with van der Waals surface area (Å²) in [6.07, 6.45) is 0.0618. The van der Waals surface area contributed by atoms with Gasteiger partial charge < -0.3 is 11.1 Å². The van der Waals surface area contributed by atoms with Crippen LogP contribution < -0.4 is 11.1 Å². The van der Waals surface area contributed by atoms with Crippen molar-refractivity contribution in [2.45, 2.75) is 29.7 Å². The van der Waals surface area contributed by atoms with Gasteiger partial charge >= 0.3 is 0 Å². The second-order valence-corrected chi connectivity index (χ2v) is 6.43. The SMILES string of the molecule is C[C@@H](CC(N)=O)C(=O)NCc1ccccc1Sc1ccccc1. The van der Waals surface area contributed by atoms with Crippen molar-refractivity contribution in [3.8, 4) is 0 Å². The molecular formula is C18H20N2O2S. The summed E-state index contributed by atoms with van der Waals surface area (Å²) in [4.78, 5) is 25.1. The quantitative estimate of drug-likeness (QED) is 0.821. The number of amides is 2. The third-order valence-electron chi connectivity index (χ3n) is 3.35. The Balaban J connectivity index is 2.00. The third kappa shape index (κ3) is 5.45. The molecule has 0 aromatic heterocycles. The van der Waals surface area contributed by atoms with E-state index in [-0.39, 0.29) is 12.3 Å². The lowest BCUT2D eigenvalue weighted by Crippen LogP contribution is -2.31. The lowest BCUT2D eigenvalue weighted by atomic mass is 10.1. The summed E-state index contributed by atoms with van der Waals surface area (Å²) in [7, 11) is 0. The minimum atomic E-state index is -0.465. The summed E-state index contributed by atoms with van der Waals surface area (Å²) in [6.45, 7) is 2.13. The van der Waals surface area contributed by atoms with Crippen LogP contribution in [-0.4, -0.2) is 11.8 Å². The summed E-state index contributed by atoms with van der Waals surface area (Å²) in [6, 6.07) is 18.0. The van der Waals surface area contributed by atoms with Crippen molar-refractivity contribution < 1.29 is 9.59 Å². The van der Waals surface area contributed by atoms with E-state index in [1.807, 2.05) is 42.5 Å². The van der Waals surface area contributed by atoms with E-state index in [2.05, 4.69) is 17.4 Å². The Hall–Kier alpha value is -2.27. The molecule has 3 N–H and O–H groups in total. The molecule has 0 unspecified atom stereocenters. The van der Waals surface area contributed by atoms with Crippen molar-refractivity contribution in [1.82, 2.24) is 5.32 Å². The predicted octanol–water partition coefficient (Wildman–Crippen LogP) is 2.97. The predicted molar refractivity (Wildman–Crippen MR) is 91.8 cm³/mol. The lowest BCUT2D eigenvalue weighted by molar-refractivity contribution is -0.128. The molecular weight excluding hydrogens is 308 g/mol. The van der Waals surface area contributed by atoms with Crippen LogP contribution in [0.1, 0.15) is 18.9 Å². The number of nitrogens with one attached hydrogen (secondary N) is 1. The second-order valence-electron chi connectivity index (χ2n) is 5.31. The Labute approximate surface area is 140 Å². The molecule has 0 fully saturated rings. The number of carbonyl (C=O) groups is 2. The van der Waals surface area contributed by atoms with E-state index >= 15 is 0 Å². The Morgan fingerprint density at radius 3 is 2.43 bits per heavy atom. The molecule has 1 atom stereocenters. The molecule has 0 saturated carbocycles. The van der Waals surface area contributed by atoms with E-state index in [1.54, 1.807) is 18.7 Å². The minimum absolute atomic E-state index is 0.0618. The van der Waals surface area contributed by atoms with Gasteiger partial charge in [0.05, 0.1) is 0 Å². The van der Waals surface area contributed by atoms with Crippen LogP contribution in [0.25, 0.3) is 0 Å². The van der Waals surface area contributed by atoms with Gasteiger partial charge in [-0.3, -0.25) is 9.59 Å². The van der Waals surface area contributed by atoms with Crippen molar-refractivity contribution in [1.29, 1.82) is 0 Å². The number of primary amides is 1. The van der Waals surface area contributed by atoms with Crippen LogP contribution in [0.15, 0.2) is 64.4 Å². The highest BCUT2D eigenvalue weighted by molar-refractivity contribution is 7.99. The van der Waals surface area contributed by atoms with Gasteiger partial charge in [0.25, 0.3) is 0 Å². The number of rotatable bonds is 7. The largest absolute Gasteiger partial charge is 0.370 e. The molecule has 0 aliphatic carbocycles. The van der Waals surface area contributed by atoms with Gasteiger partial charge in [-0.25, -0.2) is 0 Å². The first-order valence-corrected chi connectivity index (χ1v) is 8.24. The van der Waals surface area contributed by atoms with Gasteiger partial charge in [0.1, 0.15) is 0 Å². The molecule has 0 aliphatic rings. The lowest BCUT2D eigenvalue weighted by Gasteiger charge is -2.13.